The smallest absolute Gasteiger partial charge is 0.279 e. The first-order valence-corrected chi connectivity index (χ1v) is 10.7. The molecule has 0 bridgehead atoms. The van der Waals surface area contributed by atoms with Crippen LogP contribution in [0.15, 0.2) is 47.4 Å². The number of rotatable bonds is 5. The Bertz CT molecular complexity index is 970. The van der Waals surface area contributed by atoms with E-state index in [0.29, 0.717) is 13.1 Å². The maximum absolute atomic E-state index is 13.9. The van der Waals surface area contributed by atoms with Crippen molar-refractivity contribution in [3.8, 4) is 0 Å². The largest absolute Gasteiger partial charge is 0.325 e. The molecule has 28 heavy (non-hydrogen) atoms. The van der Waals surface area contributed by atoms with Gasteiger partial charge in [-0.2, -0.15) is 4.31 Å². The van der Waals surface area contributed by atoms with Gasteiger partial charge >= 0.3 is 0 Å². The SMILES string of the molecule is Cc1ccc(C)c(NC(=O)C[NH+]2CCN(S(=O)(=O)c3ccccc3F)CC2)c1. The summed E-state index contributed by atoms with van der Waals surface area (Å²) in [5.74, 6) is -0.848. The van der Waals surface area contributed by atoms with Gasteiger partial charge in [-0.1, -0.05) is 24.3 Å². The van der Waals surface area contributed by atoms with Gasteiger partial charge in [-0.25, -0.2) is 12.8 Å². The predicted molar refractivity (Wildman–Crippen MR) is 105 cm³/mol. The third-order valence-electron chi connectivity index (χ3n) is 4.96. The van der Waals surface area contributed by atoms with Crippen LogP contribution in [0.1, 0.15) is 11.1 Å². The summed E-state index contributed by atoms with van der Waals surface area (Å²) in [5, 5.41) is 2.93. The lowest BCUT2D eigenvalue weighted by atomic mass is 10.1. The van der Waals surface area contributed by atoms with Crippen molar-refractivity contribution in [2.75, 3.05) is 38.0 Å². The number of aryl methyl sites for hydroxylation is 2. The van der Waals surface area contributed by atoms with Gasteiger partial charge in [0.05, 0.1) is 26.2 Å². The maximum atomic E-state index is 13.9. The van der Waals surface area contributed by atoms with E-state index < -0.39 is 15.8 Å². The topological polar surface area (TPSA) is 70.9 Å². The fraction of sp³-hybridized carbons (Fsp3) is 0.350. The molecular formula is C20H25FN3O3S+. The standard InChI is InChI=1S/C20H24FN3O3S/c1-15-7-8-16(2)18(13-15)22-20(25)14-23-9-11-24(12-10-23)28(26,27)19-6-4-3-5-17(19)21/h3-8,13H,9-12,14H2,1-2H3,(H,22,25)/p+1. The van der Waals surface area contributed by atoms with E-state index in [1.54, 1.807) is 0 Å². The van der Waals surface area contributed by atoms with E-state index in [1.807, 2.05) is 32.0 Å². The van der Waals surface area contributed by atoms with E-state index in [-0.39, 0.29) is 30.4 Å². The second-order valence-electron chi connectivity index (χ2n) is 7.13. The molecule has 0 atom stereocenters. The average Bonchev–Trinajstić information content (AvgIpc) is 2.65. The van der Waals surface area contributed by atoms with Crippen molar-refractivity contribution in [2.24, 2.45) is 0 Å². The Hall–Kier alpha value is -2.29. The van der Waals surface area contributed by atoms with Crippen LogP contribution in [0.3, 0.4) is 0 Å². The highest BCUT2D eigenvalue weighted by molar-refractivity contribution is 7.89. The van der Waals surface area contributed by atoms with Gasteiger partial charge in [-0.05, 0) is 43.2 Å². The van der Waals surface area contributed by atoms with E-state index in [2.05, 4.69) is 5.32 Å². The third-order valence-corrected chi connectivity index (χ3v) is 6.89. The van der Waals surface area contributed by atoms with Crippen molar-refractivity contribution in [2.45, 2.75) is 18.7 Å². The zero-order valence-corrected chi connectivity index (χ0v) is 16.9. The Morgan fingerprint density at radius 3 is 2.50 bits per heavy atom. The zero-order chi connectivity index (χ0) is 20.3. The van der Waals surface area contributed by atoms with Gasteiger partial charge in [0.25, 0.3) is 5.91 Å². The van der Waals surface area contributed by atoms with Crippen molar-refractivity contribution in [3.63, 3.8) is 0 Å². The van der Waals surface area contributed by atoms with Crippen LogP contribution in [0.2, 0.25) is 0 Å². The summed E-state index contributed by atoms with van der Waals surface area (Å²) >= 11 is 0. The Balaban J connectivity index is 1.57. The van der Waals surface area contributed by atoms with Crippen LogP contribution in [0, 0.1) is 19.7 Å². The summed E-state index contributed by atoms with van der Waals surface area (Å²) in [6.45, 7) is 5.66. The van der Waals surface area contributed by atoms with Crippen LogP contribution >= 0.6 is 0 Å². The number of halogens is 1. The minimum absolute atomic E-state index is 0.103. The number of amides is 1. The second-order valence-corrected chi connectivity index (χ2v) is 9.03. The number of anilines is 1. The van der Waals surface area contributed by atoms with Crippen LogP contribution in [0.5, 0.6) is 0 Å². The molecule has 0 spiro atoms. The van der Waals surface area contributed by atoms with Crippen molar-refractivity contribution in [1.29, 1.82) is 0 Å². The molecule has 1 fully saturated rings. The Morgan fingerprint density at radius 2 is 1.82 bits per heavy atom. The van der Waals surface area contributed by atoms with Crippen molar-refractivity contribution < 1.29 is 22.5 Å². The Labute approximate surface area is 165 Å². The van der Waals surface area contributed by atoms with E-state index in [4.69, 9.17) is 0 Å². The molecule has 0 saturated carbocycles. The first kappa shape index (κ1) is 20.4. The number of nitrogens with zero attached hydrogens (tertiary/aromatic N) is 1. The van der Waals surface area contributed by atoms with Crippen molar-refractivity contribution >= 4 is 21.6 Å². The van der Waals surface area contributed by atoms with Crippen LogP contribution < -0.4 is 10.2 Å². The van der Waals surface area contributed by atoms with Gasteiger partial charge in [0.2, 0.25) is 10.0 Å². The Morgan fingerprint density at radius 1 is 1.14 bits per heavy atom. The lowest BCUT2D eigenvalue weighted by molar-refractivity contribution is -0.895. The second kappa shape index (κ2) is 8.38. The molecule has 1 heterocycles. The van der Waals surface area contributed by atoms with Gasteiger partial charge in [-0.3, -0.25) is 4.79 Å². The lowest BCUT2D eigenvalue weighted by Gasteiger charge is -2.31. The number of hydrogen-bond donors (Lipinski definition) is 2. The summed E-state index contributed by atoms with van der Waals surface area (Å²) in [6, 6.07) is 11.3. The molecule has 2 aromatic rings. The number of carbonyl (C=O) groups excluding carboxylic acids is 1. The predicted octanol–water partition coefficient (Wildman–Crippen LogP) is 0.970. The molecule has 1 aliphatic heterocycles. The monoisotopic (exact) mass is 406 g/mol. The average molecular weight is 407 g/mol. The number of quaternary nitrogens is 1. The first-order chi connectivity index (χ1) is 13.3. The van der Waals surface area contributed by atoms with Crippen LogP contribution in [-0.2, 0) is 14.8 Å². The minimum atomic E-state index is -3.86. The van der Waals surface area contributed by atoms with Gasteiger partial charge in [0, 0.05) is 5.69 Å². The summed E-state index contributed by atoms with van der Waals surface area (Å²) in [6.07, 6.45) is 0. The Kier molecular flexibility index (Phi) is 6.12. The summed E-state index contributed by atoms with van der Waals surface area (Å²) in [7, 11) is -3.86. The third kappa shape index (κ3) is 4.57. The minimum Gasteiger partial charge on any atom is -0.325 e. The fourth-order valence-electron chi connectivity index (χ4n) is 3.30. The van der Waals surface area contributed by atoms with Crippen LogP contribution in [-0.4, -0.2) is 51.4 Å². The van der Waals surface area contributed by atoms with Gasteiger partial charge in [0.1, 0.15) is 10.7 Å². The molecule has 8 heteroatoms. The van der Waals surface area contributed by atoms with Crippen LogP contribution in [0.4, 0.5) is 10.1 Å². The van der Waals surface area contributed by atoms with E-state index in [1.165, 1.54) is 22.5 Å². The molecule has 3 rings (SSSR count). The molecule has 1 aliphatic rings. The lowest BCUT2D eigenvalue weighted by Crippen LogP contribution is -3.15. The molecule has 0 radical (unpaired) electrons. The summed E-state index contributed by atoms with van der Waals surface area (Å²) < 4.78 is 40.5. The molecule has 0 unspecified atom stereocenters. The molecule has 0 aromatic heterocycles. The maximum Gasteiger partial charge on any atom is 0.279 e. The summed E-state index contributed by atoms with van der Waals surface area (Å²) in [5.41, 5.74) is 2.86. The summed E-state index contributed by atoms with van der Waals surface area (Å²) in [4.78, 5) is 13.1. The highest BCUT2D eigenvalue weighted by Gasteiger charge is 2.32. The molecule has 2 N–H and O–H groups in total. The van der Waals surface area contributed by atoms with Crippen molar-refractivity contribution in [3.05, 3.63) is 59.4 Å². The number of carbonyl (C=O) groups is 1. The number of sulfonamides is 1. The molecule has 6 nitrogen and oxygen atoms in total. The van der Waals surface area contributed by atoms with Gasteiger partial charge in [-0.15, -0.1) is 0 Å². The number of piperazine rings is 1. The molecule has 2 aromatic carbocycles. The van der Waals surface area contributed by atoms with Gasteiger partial charge in [0.15, 0.2) is 6.54 Å². The van der Waals surface area contributed by atoms with E-state index in [9.17, 15) is 17.6 Å². The highest BCUT2D eigenvalue weighted by Crippen LogP contribution is 2.19. The van der Waals surface area contributed by atoms with Crippen molar-refractivity contribution in [1.82, 2.24) is 4.31 Å². The highest BCUT2D eigenvalue weighted by atomic mass is 32.2. The zero-order valence-electron chi connectivity index (χ0n) is 16.0. The molecule has 1 amide bonds. The molecular weight excluding hydrogens is 381 g/mol. The van der Waals surface area contributed by atoms with Crippen LogP contribution in [0.25, 0.3) is 0 Å². The number of nitrogens with one attached hydrogen (secondary N) is 2. The molecule has 150 valence electrons. The molecule has 1 saturated heterocycles. The van der Waals surface area contributed by atoms with E-state index in [0.717, 1.165) is 27.8 Å². The normalized spacial score (nSPS) is 16.1. The number of benzene rings is 2. The fourth-order valence-corrected chi connectivity index (χ4v) is 4.81. The first-order valence-electron chi connectivity index (χ1n) is 9.23. The van der Waals surface area contributed by atoms with Gasteiger partial charge < -0.3 is 10.2 Å². The quantitative estimate of drug-likeness (QED) is 0.778. The van der Waals surface area contributed by atoms with E-state index >= 15 is 0 Å². The number of hydrogen-bond acceptors (Lipinski definition) is 3. The molecule has 0 aliphatic carbocycles.